The number of rotatable bonds is 14. The van der Waals surface area contributed by atoms with Crippen molar-refractivity contribution in [1.82, 2.24) is 5.32 Å². The maximum absolute atomic E-state index is 12.5. The number of hydrogen-bond acceptors (Lipinski definition) is 10. The third-order valence-corrected chi connectivity index (χ3v) is 5.02. The van der Waals surface area contributed by atoms with Crippen LogP contribution < -0.4 is 5.32 Å². The van der Waals surface area contributed by atoms with Gasteiger partial charge in [-0.05, 0) is 25.7 Å². The molecular weight excluding hydrogens is 462 g/mol. The van der Waals surface area contributed by atoms with Gasteiger partial charge in [-0.2, -0.15) is 0 Å². The van der Waals surface area contributed by atoms with Crippen LogP contribution in [-0.4, -0.2) is 67.0 Å². The van der Waals surface area contributed by atoms with Crippen LogP contribution in [0.2, 0.25) is 0 Å². The molecule has 1 heterocycles. The highest BCUT2D eigenvalue weighted by Crippen LogP contribution is 2.29. The Labute approximate surface area is 206 Å². The molecule has 5 atom stereocenters. The summed E-state index contributed by atoms with van der Waals surface area (Å²) in [7, 11) is 0. The summed E-state index contributed by atoms with van der Waals surface area (Å²) in [5.41, 5.74) is 0. The number of carbonyl (C=O) groups excluding carboxylic acids is 5. The van der Waals surface area contributed by atoms with Crippen molar-refractivity contribution < 1.29 is 47.7 Å². The number of amides is 1. The lowest BCUT2D eigenvalue weighted by atomic mass is 9.95. The predicted molar refractivity (Wildman–Crippen MR) is 123 cm³/mol. The molecule has 200 valence electrons. The van der Waals surface area contributed by atoms with E-state index in [0.717, 1.165) is 0 Å². The minimum atomic E-state index is -1.37. The molecule has 0 aromatic carbocycles. The van der Waals surface area contributed by atoms with Gasteiger partial charge in [0.05, 0.1) is 0 Å². The molecule has 1 saturated heterocycles. The topological polar surface area (TPSA) is 144 Å². The Morgan fingerprint density at radius 3 is 1.63 bits per heavy atom. The summed E-state index contributed by atoms with van der Waals surface area (Å²) >= 11 is 0. The Morgan fingerprint density at radius 1 is 0.686 bits per heavy atom. The Kier molecular flexibility index (Phi) is 13.9. The molecule has 1 rings (SSSR count). The molecule has 1 N–H and O–H groups in total. The minimum absolute atomic E-state index is 0.0796. The van der Waals surface area contributed by atoms with E-state index in [0.29, 0.717) is 25.7 Å². The van der Waals surface area contributed by atoms with Crippen molar-refractivity contribution in [2.24, 2.45) is 0 Å². The van der Waals surface area contributed by atoms with Crippen molar-refractivity contribution in [3.63, 3.8) is 0 Å². The van der Waals surface area contributed by atoms with E-state index in [-0.39, 0.29) is 32.3 Å². The van der Waals surface area contributed by atoms with Crippen LogP contribution in [0.15, 0.2) is 0 Å². The molecule has 0 radical (unpaired) electrons. The van der Waals surface area contributed by atoms with Gasteiger partial charge in [-0.15, -0.1) is 0 Å². The summed E-state index contributed by atoms with van der Waals surface area (Å²) in [6, 6.07) is -1.16. The monoisotopic (exact) mass is 501 g/mol. The Morgan fingerprint density at radius 2 is 1.14 bits per heavy atom. The van der Waals surface area contributed by atoms with Gasteiger partial charge in [0.25, 0.3) is 0 Å². The SMILES string of the molecule is CCCC(=O)OC[C@H]1O[C@H](OC(=O)CCC)[C@H](NC(C)=O)[C@@H](OC(=O)CCC)[C@@H]1OC(=O)CCC. The van der Waals surface area contributed by atoms with Crippen LogP contribution >= 0.6 is 0 Å². The van der Waals surface area contributed by atoms with E-state index in [1.807, 2.05) is 6.92 Å². The molecule has 0 saturated carbocycles. The van der Waals surface area contributed by atoms with Crippen LogP contribution in [0.25, 0.3) is 0 Å². The normalized spacial score (nSPS) is 23.6. The van der Waals surface area contributed by atoms with Crippen molar-refractivity contribution >= 4 is 29.8 Å². The molecule has 0 aromatic rings. The highest BCUT2D eigenvalue weighted by Gasteiger charge is 2.52. The Hall–Kier alpha value is -2.69. The van der Waals surface area contributed by atoms with E-state index in [4.69, 9.17) is 23.7 Å². The van der Waals surface area contributed by atoms with Gasteiger partial charge in [0, 0.05) is 32.6 Å². The number of ether oxygens (including phenoxy) is 5. The smallest absolute Gasteiger partial charge is 0.308 e. The molecule has 0 aromatic heterocycles. The van der Waals surface area contributed by atoms with Crippen molar-refractivity contribution in [2.45, 2.75) is 117 Å². The molecule has 0 aliphatic carbocycles. The van der Waals surface area contributed by atoms with Gasteiger partial charge in [0.2, 0.25) is 12.2 Å². The second-order valence-electron chi connectivity index (χ2n) is 8.35. The molecule has 11 nitrogen and oxygen atoms in total. The first-order chi connectivity index (χ1) is 16.7. The van der Waals surface area contributed by atoms with E-state index in [1.54, 1.807) is 20.8 Å². The number of nitrogens with one attached hydrogen (secondary N) is 1. The molecule has 35 heavy (non-hydrogen) atoms. The van der Waals surface area contributed by atoms with E-state index in [2.05, 4.69) is 5.32 Å². The Bertz CT molecular complexity index is 725. The van der Waals surface area contributed by atoms with Crippen molar-refractivity contribution in [2.75, 3.05) is 6.61 Å². The molecular formula is C24H39NO10. The van der Waals surface area contributed by atoms with Crippen molar-refractivity contribution in [3.8, 4) is 0 Å². The fourth-order valence-electron chi connectivity index (χ4n) is 3.48. The summed E-state index contributed by atoms with van der Waals surface area (Å²) < 4.78 is 27.9. The average molecular weight is 502 g/mol. The lowest BCUT2D eigenvalue weighted by Gasteiger charge is -2.44. The lowest BCUT2D eigenvalue weighted by Crippen LogP contribution is -2.67. The molecule has 0 spiro atoms. The van der Waals surface area contributed by atoms with Gasteiger partial charge >= 0.3 is 23.9 Å². The maximum Gasteiger partial charge on any atom is 0.308 e. The quantitative estimate of drug-likeness (QED) is 0.278. The van der Waals surface area contributed by atoms with Crippen LogP contribution in [0.5, 0.6) is 0 Å². The highest BCUT2D eigenvalue weighted by atomic mass is 16.7. The van der Waals surface area contributed by atoms with Crippen molar-refractivity contribution in [1.29, 1.82) is 0 Å². The maximum atomic E-state index is 12.5. The molecule has 1 aliphatic heterocycles. The second kappa shape index (κ2) is 16.1. The van der Waals surface area contributed by atoms with E-state index in [1.165, 1.54) is 6.92 Å². The number of carbonyl (C=O) groups is 5. The average Bonchev–Trinajstić information content (AvgIpc) is 2.77. The van der Waals surface area contributed by atoms with E-state index >= 15 is 0 Å². The van der Waals surface area contributed by atoms with Gasteiger partial charge in [-0.3, -0.25) is 24.0 Å². The fraction of sp³-hybridized carbons (Fsp3) is 0.792. The highest BCUT2D eigenvalue weighted by molar-refractivity contribution is 5.74. The number of hydrogen-bond donors (Lipinski definition) is 1. The van der Waals surface area contributed by atoms with E-state index < -0.39 is 60.4 Å². The zero-order valence-corrected chi connectivity index (χ0v) is 21.3. The fourth-order valence-corrected chi connectivity index (χ4v) is 3.48. The van der Waals surface area contributed by atoms with Crippen LogP contribution in [-0.2, 0) is 47.7 Å². The summed E-state index contributed by atoms with van der Waals surface area (Å²) in [5.74, 6) is -2.75. The lowest BCUT2D eigenvalue weighted by molar-refractivity contribution is -0.272. The second-order valence-corrected chi connectivity index (χ2v) is 8.35. The third-order valence-electron chi connectivity index (χ3n) is 5.02. The minimum Gasteiger partial charge on any atom is -0.463 e. The molecule has 1 amide bonds. The molecule has 1 fully saturated rings. The van der Waals surface area contributed by atoms with Gasteiger partial charge in [0.1, 0.15) is 18.8 Å². The first kappa shape index (κ1) is 30.3. The van der Waals surface area contributed by atoms with Crippen LogP contribution in [0.1, 0.15) is 86.0 Å². The zero-order chi connectivity index (χ0) is 26.4. The van der Waals surface area contributed by atoms with Gasteiger partial charge in [-0.1, -0.05) is 27.7 Å². The van der Waals surface area contributed by atoms with Crippen LogP contribution in [0.3, 0.4) is 0 Å². The van der Waals surface area contributed by atoms with Gasteiger partial charge < -0.3 is 29.0 Å². The van der Waals surface area contributed by atoms with Crippen molar-refractivity contribution in [3.05, 3.63) is 0 Å². The van der Waals surface area contributed by atoms with E-state index in [9.17, 15) is 24.0 Å². The predicted octanol–water partition coefficient (Wildman–Crippen LogP) is 2.33. The molecule has 0 bridgehead atoms. The largest absolute Gasteiger partial charge is 0.463 e. The van der Waals surface area contributed by atoms with Gasteiger partial charge in [0.15, 0.2) is 12.2 Å². The first-order valence-electron chi connectivity index (χ1n) is 12.3. The summed E-state index contributed by atoms with van der Waals surface area (Å²) in [4.78, 5) is 61.2. The molecule has 0 unspecified atom stereocenters. The summed E-state index contributed by atoms with van der Waals surface area (Å²) in [5, 5.41) is 2.60. The van der Waals surface area contributed by atoms with Crippen LogP contribution in [0.4, 0.5) is 0 Å². The number of esters is 4. The van der Waals surface area contributed by atoms with Gasteiger partial charge in [-0.25, -0.2) is 0 Å². The third kappa shape index (κ3) is 10.6. The molecule has 11 heteroatoms. The summed E-state index contributed by atoms with van der Waals surface area (Å²) in [6.07, 6.45) is -2.42. The molecule has 1 aliphatic rings. The summed E-state index contributed by atoms with van der Waals surface area (Å²) in [6.45, 7) is 8.11. The standard InChI is InChI=1S/C24H39NO10/c1-6-10-17(27)31-14-16-22(33-18(28)11-7-2)23(34-19(29)12-8-3)21(25-15(5)26)24(32-16)35-20(30)13-9-4/h16,21-24H,6-14H2,1-5H3,(H,25,26)/t16-,21-,22-,23-,24-/m1/s1. The first-order valence-corrected chi connectivity index (χ1v) is 12.3. The van der Waals surface area contributed by atoms with Crippen LogP contribution in [0, 0.1) is 0 Å². The zero-order valence-electron chi connectivity index (χ0n) is 21.3. The Balaban J connectivity index is 3.39.